The van der Waals surface area contributed by atoms with Crippen molar-refractivity contribution >= 4 is 0 Å². The molecule has 2 rings (SSSR count). The zero-order valence-corrected chi connectivity index (χ0v) is 13.9. The molecule has 1 aliphatic carbocycles. The lowest BCUT2D eigenvalue weighted by atomic mass is 9.68. The molecule has 1 aromatic rings. The normalized spacial score (nSPS) is 22.1. The summed E-state index contributed by atoms with van der Waals surface area (Å²) in [6.07, 6.45) is 9.26. The van der Waals surface area contributed by atoms with Gasteiger partial charge < -0.3 is 9.84 Å². The van der Waals surface area contributed by atoms with E-state index in [0.29, 0.717) is 12.0 Å². The summed E-state index contributed by atoms with van der Waals surface area (Å²) in [4.78, 5) is 0. The summed E-state index contributed by atoms with van der Waals surface area (Å²) in [6.45, 7) is 7.31. The Hall–Kier alpha value is -0.870. The van der Waals surface area contributed by atoms with Gasteiger partial charge in [-0.1, -0.05) is 13.8 Å². The number of rotatable bonds is 6. The van der Waals surface area contributed by atoms with Gasteiger partial charge in [0.05, 0.1) is 17.9 Å². The number of hydrogen-bond acceptors (Lipinski definition) is 3. The predicted octanol–water partition coefficient (Wildman–Crippen LogP) is 3.09. The van der Waals surface area contributed by atoms with E-state index >= 15 is 0 Å². The van der Waals surface area contributed by atoms with E-state index in [4.69, 9.17) is 4.74 Å². The van der Waals surface area contributed by atoms with Crippen molar-refractivity contribution in [3.8, 4) is 0 Å². The highest BCUT2D eigenvalue weighted by molar-refractivity contribution is 5.05. The number of hydrogen-bond donors (Lipinski definition) is 1. The first kappa shape index (κ1) is 16.5. The third-order valence-corrected chi connectivity index (χ3v) is 4.95. The molecule has 21 heavy (non-hydrogen) atoms. The van der Waals surface area contributed by atoms with Crippen LogP contribution >= 0.6 is 0 Å². The summed E-state index contributed by atoms with van der Waals surface area (Å²) in [5, 5.41) is 14.9. The van der Waals surface area contributed by atoms with Crippen LogP contribution in [0, 0.1) is 5.41 Å². The highest BCUT2D eigenvalue weighted by Gasteiger charge is 2.43. The first-order valence-electron chi connectivity index (χ1n) is 8.16. The van der Waals surface area contributed by atoms with Crippen LogP contribution in [0.1, 0.15) is 58.4 Å². The summed E-state index contributed by atoms with van der Waals surface area (Å²) in [6, 6.07) is 0. The van der Waals surface area contributed by atoms with E-state index in [1.54, 1.807) is 0 Å². The zero-order chi connectivity index (χ0) is 15.5. The second kappa shape index (κ2) is 6.49. The van der Waals surface area contributed by atoms with Crippen LogP contribution in [0.2, 0.25) is 0 Å². The van der Waals surface area contributed by atoms with E-state index in [0.717, 1.165) is 38.5 Å². The van der Waals surface area contributed by atoms with Gasteiger partial charge in [-0.3, -0.25) is 4.68 Å². The second-order valence-corrected chi connectivity index (χ2v) is 7.24. The Labute approximate surface area is 128 Å². The van der Waals surface area contributed by atoms with Crippen molar-refractivity contribution < 1.29 is 9.84 Å². The fourth-order valence-corrected chi connectivity index (χ4v) is 3.38. The Morgan fingerprint density at radius 1 is 1.33 bits per heavy atom. The Kier molecular flexibility index (Phi) is 5.10. The fraction of sp³-hybridized carbons (Fsp3) is 0.824. The molecule has 1 N–H and O–H groups in total. The second-order valence-electron chi connectivity index (χ2n) is 7.24. The largest absolute Gasteiger partial charge is 0.390 e. The van der Waals surface area contributed by atoms with Crippen molar-refractivity contribution in [1.82, 2.24) is 9.78 Å². The Morgan fingerprint density at radius 2 is 2.00 bits per heavy atom. The van der Waals surface area contributed by atoms with Crippen LogP contribution in [-0.2, 0) is 18.2 Å². The monoisotopic (exact) mass is 294 g/mol. The SMILES string of the molecule is CCOC1(C(O)CCc2cnn(C)c2)CCC(C)(C)CC1. The van der Waals surface area contributed by atoms with Crippen LogP contribution in [0.3, 0.4) is 0 Å². The lowest BCUT2D eigenvalue weighted by molar-refractivity contribution is -0.152. The van der Waals surface area contributed by atoms with Gasteiger partial charge in [-0.05, 0) is 56.4 Å². The van der Waals surface area contributed by atoms with E-state index < -0.39 is 6.10 Å². The minimum absolute atomic E-state index is 0.341. The van der Waals surface area contributed by atoms with Gasteiger partial charge in [-0.2, -0.15) is 5.10 Å². The zero-order valence-electron chi connectivity index (χ0n) is 13.9. The molecule has 1 heterocycles. The fourth-order valence-electron chi connectivity index (χ4n) is 3.38. The van der Waals surface area contributed by atoms with Crippen molar-refractivity contribution in [1.29, 1.82) is 0 Å². The van der Waals surface area contributed by atoms with Crippen LogP contribution in [0.4, 0.5) is 0 Å². The van der Waals surface area contributed by atoms with Crippen molar-refractivity contribution in [2.45, 2.75) is 71.0 Å². The smallest absolute Gasteiger partial charge is 0.0940 e. The highest BCUT2D eigenvalue weighted by Crippen LogP contribution is 2.44. The van der Waals surface area contributed by atoms with Gasteiger partial charge in [-0.15, -0.1) is 0 Å². The molecule has 1 saturated carbocycles. The molecule has 0 aliphatic heterocycles. The van der Waals surface area contributed by atoms with Gasteiger partial charge in [0.25, 0.3) is 0 Å². The number of aryl methyl sites for hydroxylation is 2. The molecule has 1 unspecified atom stereocenters. The average Bonchev–Trinajstić information content (AvgIpc) is 2.85. The molecule has 0 saturated heterocycles. The third kappa shape index (κ3) is 4.07. The van der Waals surface area contributed by atoms with Crippen molar-refractivity contribution in [3.05, 3.63) is 18.0 Å². The van der Waals surface area contributed by atoms with Gasteiger partial charge >= 0.3 is 0 Å². The number of nitrogens with zero attached hydrogens (tertiary/aromatic N) is 2. The molecule has 1 atom stereocenters. The van der Waals surface area contributed by atoms with E-state index in [1.165, 1.54) is 5.56 Å². The van der Waals surface area contributed by atoms with Gasteiger partial charge in [0.1, 0.15) is 0 Å². The summed E-state index contributed by atoms with van der Waals surface area (Å²) < 4.78 is 7.86. The Bertz CT molecular complexity index is 443. The van der Waals surface area contributed by atoms with Gasteiger partial charge in [-0.25, -0.2) is 0 Å². The quantitative estimate of drug-likeness (QED) is 0.877. The molecular formula is C17H30N2O2. The predicted molar refractivity (Wildman–Crippen MR) is 84.1 cm³/mol. The lowest BCUT2D eigenvalue weighted by Gasteiger charge is -2.46. The minimum atomic E-state index is -0.395. The molecule has 0 aromatic carbocycles. The Morgan fingerprint density at radius 3 is 2.52 bits per heavy atom. The van der Waals surface area contributed by atoms with Crippen LogP contribution in [-0.4, -0.2) is 33.2 Å². The molecule has 1 aliphatic rings. The van der Waals surface area contributed by atoms with Crippen molar-refractivity contribution in [3.63, 3.8) is 0 Å². The standard InChI is InChI=1S/C17H30N2O2/c1-5-21-17(10-8-16(2,3)9-11-17)15(20)7-6-14-12-18-19(4)13-14/h12-13,15,20H,5-11H2,1-4H3. The summed E-state index contributed by atoms with van der Waals surface area (Å²) >= 11 is 0. The maximum absolute atomic E-state index is 10.7. The van der Waals surface area contributed by atoms with Crippen LogP contribution in [0.25, 0.3) is 0 Å². The number of aromatic nitrogens is 2. The number of aliphatic hydroxyl groups is 1. The van der Waals surface area contributed by atoms with Crippen molar-refractivity contribution in [2.24, 2.45) is 12.5 Å². The molecule has 0 radical (unpaired) electrons. The molecule has 1 fully saturated rings. The van der Waals surface area contributed by atoms with E-state index in [2.05, 4.69) is 18.9 Å². The van der Waals surface area contributed by atoms with Crippen molar-refractivity contribution in [2.75, 3.05) is 6.61 Å². The molecule has 120 valence electrons. The molecule has 1 aromatic heterocycles. The average molecular weight is 294 g/mol. The molecule has 0 spiro atoms. The van der Waals surface area contributed by atoms with E-state index in [1.807, 2.05) is 31.0 Å². The van der Waals surface area contributed by atoms with Gasteiger partial charge in [0.2, 0.25) is 0 Å². The van der Waals surface area contributed by atoms with Gasteiger partial charge in [0, 0.05) is 19.9 Å². The van der Waals surface area contributed by atoms with E-state index in [-0.39, 0.29) is 5.60 Å². The highest BCUT2D eigenvalue weighted by atomic mass is 16.5. The van der Waals surface area contributed by atoms with Crippen LogP contribution in [0.5, 0.6) is 0 Å². The minimum Gasteiger partial charge on any atom is -0.390 e. The molecule has 0 amide bonds. The molecule has 4 nitrogen and oxygen atoms in total. The van der Waals surface area contributed by atoms with Crippen LogP contribution in [0.15, 0.2) is 12.4 Å². The maximum Gasteiger partial charge on any atom is 0.0940 e. The Balaban J connectivity index is 1.97. The van der Waals surface area contributed by atoms with E-state index in [9.17, 15) is 5.11 Å². The summed E-state index contributed by atoms with van der Waals surface area (Å²) in [7, 11) is 1.92. The lowest BCUT2D eigenvalue weighted by Crippen LogP contribution is -2.49. The molecule has 0 bridgehead atoms. The first-order valence-corrected chi connectivity index (χ1v) is 8.16. The topological polar surface area (TPSA) is 47.3 Å². The third-order valence-electron chi connectivity index (χ3n) is 4.95. The summed E-state index contributed by atoms with van der Waals surface area (Å²) in [5.74, 6) is 0. The molecular weight excluding hydrogens is 264 g/mol. The van der Waals surface area contributed by atoms with Crippen LogP contribution < -0.4 is 0 Å². The number of ether oxygens (including phenoxy) is 1. The molecule has 4 heteroatoms. The summed E-state index contributed by atoms with van der Waals surface area (Å²) in [5.41, 5.74) is 1.22. The maximum atomic E-state index is 10.7. The number of aliphatic hydroxyl groups excluding tert-OH is 1. The first-order chi connectivity index (χ1) is 9.87. The van der Waals surface area contributed by atoms with Gasteiger partial charge in [0.15, 0.2) is 0 Å².